The Morgan fingerprint density at radius 3 is 2.00 bits per heavy atom. The largest absolute Gasteiger partial charge is 0.350 e. The van der Waals surface area contributed by atoms with Gasteiger partial charge in [-0.25, -0.2) is 4.79 Å². The third kappa shape index (κ3) is 6.34. The number of urea groups is 1. The Labute approximate surface area is 145 Å². The summed E-state index contributed by atoms with van der Waals surface area (Å²) in [4.78, 5) is 34.6. The first-order valence-corrected chi connectivity index (χ1v) is 7.80. The molecule has 0 spiro atoms. The number of carbonyl (C=O) groups excluding carboxylic acids is 3. The molecule has 7 heteroatoms. The number of hydrogen-bond donors (Lipinski definition) is 4. The number of nitrogens with one attached hydrogen (secondary N) is 4. The Morgan fingerprint density at radius 1 is 0.760 bits per heavy atom. The maximum atomic E-state index is 12.0. The molecule has 2 aromatic carbocycles. The summed E-state index contributed by atoms with van der Waals surface area (Å²) in [6.07, 6.45) is 0. The lowest BCUT2D eigenvalue weighted by atomic mass is 10.2. The molecule has 0 unspecified atom stereocenters. The van der Waals surface area contributed by atoms with Gasteiger partial charge in [-0.15, -0.1) is 0 Å². The van der Waals surface area contributed by atoms with Crippen molar-refractivity contribution in [3.05, 3.63) is 60.2 Å². The lowest BCUT2D eigenvalue weighted by molar-refractivity contribution is -0.114. The van der Waals surface area contributed by atoms with Crippen LogP contribution in [0.3, 0.4) is 0 Å². The molecule has 0 heterocycles. The zero-order valence-electron chi connectivity index (χ0n) is 13.8. The van der Waals surface area contributed by atoms with E-state index in [0.717, 1.165) is 0 Å². The second-order valence-corrected chi connectivity index (χ2v) is 5.26. The molecule has 0 radical (unpaired) electrons. The first-order chi connectivity index (χ1) is 12.0. The van der Waals surface area contributed by atoms with E-state index in [1.54, 1.807) is 36.4 Å². The molecule has 0 aliphatic carbocycles. The predicted octanol–water partition coefficient (Wildman–Crippen LogP) is 2.20. The van der Waals surface area contributed by atoms with E-state index in [-0.39, 0.29) is 17.8 Å². The molecule has 7 nitrogen and oxygen atoms in total. The second kappa shape index (κ2) is 9.07. The molecule has 0 fully saturated rings. The summed E-state index contributed by atoms with van der Waals surface area (Å²) in [5, 5.41) is 10.7. The fourth-order valence-corrected chi connectivity index (χ4v) is 2.06. The Bertz CT molecular complexity index is 730. The Morgan fingerprint density at radius 2 is 1.36 bits per heavy atom. The van der Waals surface area contributed by atoms with Crippen LogP contribution >= 0.6 is 0 Å². The normalized spacial score (nSPS) is 9.80. The van der Waals surface area contributed by atoms with Crippen LogP contribution in [0.1, 0.15) is 17.3 Å². The van der Waals surface area contributed by atoms with Crippen LogP contribution in [0.2, 0.25) is 0 Å². The van der Waals surface area contributed by atoms with Gasteiger partial charge in [-0.3, -0.25) is 9.59 Å². The zero-order valence-corrected chi connectivity index (χ0v) is 13.8. The van der Waals surface area contributed by atoms with Gasteiger partial charge in [0.25, 0.3) is 5.91 Å². The first kappa shape index (κ1) is 18.0. The Hall–Kier alpha value is -3.35. The number of anilines is 2. The van der Waals surface area contributed by atoms with Gasteiger partial charge in [-0.2, -0.15) is 0 Å². The Kier molecular flexibility index (Phi) is 6.53. The summed E-state index contributed by atoms with van der Waals surface area (Å²) in [6.45, 7) is 2.02. The van der Waals surface area contributed by atoms with Gasteiger partial charge in [-0.1, -0.05) is 18.2 Å². The van der Waals surface area contributed by atoms with Crippen molar-refractivity contribution in [2.75, 3.05) is 23.7 Å². The average molecular weight is 340 g/mol. The van der Waals surface area contributed by atoms with Crippen molar-refractivity contribution in [1.82, 2.24) is 10.6 Å². The standard InChI is InChI=1S/C18H20N4O3/c1-13(23)21-16-9-7-14(8-10-16)17(24)19-11-12-20-18(25)22-15-5-3-2-4-6-15/h2-10H,11-12H2,1H3,(H,19,24)(H,21,23)(H2,20,22,25). The van der Waals surface area contributed by atoms with Crippen LogP contribution in [0.25, 0.3) is 0 Å². The van der Waals surface area contributed by atoms with E-state index in [4.69, 9.17) is 0 Å². The second-order valence-electron chi connectivity index (χ2n) is 5.26. The fourth-order valence-electron chi connectivity index (χ4n) is 2.06. The van der Waals surface area contributed by atoms with Crippen LogP contribution in [-0.2, 0) is 4.79 Å². The molecule has 2 rings (SSSR count). The average Bonchev–Trinajstić information content (AvgIpc) is 2.59. The molecule has 0 saturated carbocycles. The molecule has 0 aliphatic heterocycles. The number of hydrogen-bond acceptors (Lipinski definition) is 3. The van der Waals surface area contributed by atoms with E-state index in [1.165, 1.54) is 6.92 Å². The van der Waals surface area contributed by atoms with Gasteiger partial charge in [0.2, 0.25) is 5.91 Å². The van der Waals surface area contributed by atoms with E-state index in [9.17, 15) is 14.4 Å². The number of amides is 4. The lowest BCUT2D eigenvalue weighted by Crippen LogP contribution is -2.36. The molecule has 0 aliphatic rings. The van der Waals surface area contributed by atoms with E-state index in [1.807, 2.05) is 18.2 Å². The summed E-state index contributed by atoms with van der Waals surface area (Å²) < 4.78 is 0. The molecule has 0 atom stereocenters. The van der Waals surface area contributed by atoms with Crippen molar-refractivity contribution in [2.24, 2.45) is 0 Å². The summed E-state index contributed by atoms with van der Waals surface area (Å²) in [6, 6.07) is 15.3. The Balaban J connectivity index is 1.69. The molecule has 130 valence electrons. The van der Waals surface area contributed by atoms with E-state index < -0.39 is 0 Å². The van der Waals surface area contributed by atoms with Gasteiger partial charge in [0, 0.05) is 37.0 Å². The highest BCUT2D eigenvalue weighted by atomic mass is 16.2. The highest BCUT2D eigenvalue weighted by molar-refractivity contribution is 5.95. The molecule has 4 N–H and O–H groups in total. The summed E-state index contributed by atoms with van der Waals surface area (Å²) in [5.41, 5.74) is 1.80. The number of benzene rings is 2. The maximum Gasteiger partial charge on any atom is 0.319 e. The first-order valence-electron chi connectivity index (χ1n) is 7.80. The highest BCUT2D eigenvalue weighted by Crippen LogP contribution is 2.09. The number of carbonyl (C=O) groups is 3. The summed E-state index contributed by atoms with van der Waals surface area (Å²) in [7, 11) is 0. The number of para-hydroxylation sites is 1. The van der Waals surface area contributed by atoms with Gasteiger partial charge < -0.3 is 21.3 Å². The molecule has 0 aromatic heterocycles. The predicted molar refractivity (Wildman–Crippen MR) is 96.5 cm³/mol. The van der Waals surface area contributed by atoms with Gasteiger partial charge >= 0.3 is 6.03 Å². The monoisotopic (exact) mass is 340 g/mol. The van der Waals surface area contributed by atoms with E-state index in [0.29, 0.717) is 30.0 Å². The quantitative estimate of drug-likeness (QED) is 0.607. The highest BCUT2D eigenvalue weighted by Gasteiger charge is 2.06. The minimum absolute atomic E-state index is 0.169. The SMILES string of the molecule is CC(=O)Nc1ccc(C(=O)NCCNC(=O)Nc2ccccc2)cc1. The smallest absolute Gasteiger partial charge is 0.319 e. The number of rotatable bonds is 6. The van der Waals surface area contributed by atoms with Crippen molar-refractivity contribution < 1.29 is 14.4 Å². The third-order valence-electron chi connectivity index (χ3n) is 3.20. The molecule has 0 bridgehead atoms. The van der Waals surface area contributed by atoms with Crippen LogP contribution < -0.4 is 21.3 Å². The molecule has 4 amide bonds. The molecule has 0 saturated heterocycles. The minimum atomic E-state index is -0.333. The van der Waals surface area contributed by atoms with Crippen molar-refractivity contribution in [2.45, 2.75) is 6.92 Å². The molecular weight excluding hydrogens is 320 g/mol. The fraction of sp³-hybridized carbons (Fsp3) is 0.167. The van der Waals surface area contributed by atoms with Gasteiger partial charge in [0.05, 0.1) is 0 Å². The van der Waals surface area contributed by atoms with Crippen LogP contribution in [-0.4, -0.2) is 30.9 Å². The lowest BCUT2D eigenvalue weighted by Gasteiger charge is -2.09. The molecular formula is C18H20N4O3. The summed E-state index contributed by atoms with van der Waals surface area (Å²) in [5.74, 6) is -0.420. The van der Waals surface area contributed by atoms with Crippen LogP contribution in [0.5, 0.6) is 0 Å². The molecule has 25 heavy (non-hydrogen) atoms. The molecule has 2 aromatic rings. The van der Waals surface area contributed by atoms with Crippen LogP contribution in [0.15, 0.2) is 54.6 Å². The third-order valence-corrected chi connectivity index (χ3v) is 3.20. The van der Waals surface area contributed by atoms with Gasteiger partial charge in [-0.05, 0) is 36.4 Å². The van der Waals surface area contributed by atoms with Gasteiger partial charge in [0.1, 0.15) is 0 Å². The minimum Gasteiger partial charge on any atom is -0.350 e. The van der Waals surface area contributed by atoms with Crippen molar-refractivity contribution >= 4 is 29.2 Å². The van der Waals surface area contributed by atoms with Crippen molar-refractivity contribution in [1.29, 1.82) is 0 Å². The van der Waals surface area contributed by atoms with Crippen molar-refractivity contribution in [3.63, 3.8) is 0 Å². The maximum absolute atomic E-state index is 12.0. The van der Waals surface area contributed by atoms with Crippen LogP contribution in [0, 0.1) is 0 Å². The van der Waals surface area contributed by atoms with Gasteiger partial charge in [0.15, 0.2) is 0 Å². The van der Waals surface area contributed by atoms with E-state index in [2.05, 4.69) is 21.3 Å². The zero-order chi connectivity index (χ0) is 18.1. The van der Waals surface area contributed by atoms with Crippen molar-refractivity contribution in [3.8, 4) is 0 Å². The topological polar surface area (TPSA) is 99.3 Å². The van der Waals surface area contributed by atoms with Crippen LogP contribution in [0.4, 0.5) is 16.2 Å². The summed E-state index contributed by atoms with van der Waals surface area (Å²) >= 11 is 0. The van der Waals surface area contributed by atoms with E-state index >= 15 is 0 Å².